The molecule has 2 saturated heterocycles. The highest BCUT2D eigenvalue weighted by molar-refractivity contribution is 7.86. The minimum absolute atomic E-state index is 0.129. The van der Waals surface area contributed by atoms with Gasteiger partial charge in [0.1, 0.15) is 35.7 Å². The highest BCUT2D eigenvalue weighted by Gasteiger charge is 2.46. The highest BCUT2D eigenvalue weighted by Crippen LogP contribution is 2.45. The third-order valence-electron chi connectivity index (χ3n) is 8.92. The number of ether oxygens (including phenoxy) is 2. The summed E-state index contributed by atoms with van der Waals surface area (Å²) in [6.07, 6.45) is 9.90. The molecular formula is C31H34N4O5S. The van der Waals surface area contributed by atoms with Gasteiger partial charge in [0.25, 0.3) is 10.1 Å². The quantitative estimate of drug-likeness (QED) is 0.263. The Hall–Kier alpha value is -3.47. The molecule has 41 heavy (non-hydrogen) atoms. The second-order valence-electron chi connectivity index (χ2n) is 11.8. The number of aromatic nitrogens is 3. The standard InChI is InChI=1S/C31H34N4O5S/c1-20-5-7-26(8-6-20)41(36,37)39-17-21-13-23(14-21)35-16-27(28-29(32)33-19-34-30(28)35)22-3-2-4-25(15-22)38-18-31-11-9-24(40-31)10-12-31/h2-8,15-16,19,21,23-24H,9-14,17-18H2,1H3,(H2,32,33,34)/t21-,23-,24?,31?. The third-order valence-corrected chi connectivity index (χ3v) is 10.2. The smallest absolute Gasteiger partial charge is 0.296 e. The SMILES string of the molecule is Cc1ccc(S(=O)(=O)OC[C@H]2C[C@H](n3cc(-c4cccc(OCC56CCC(CC5)O6)c4)c4c(N)ncnc43)C2)cc1. The predicted molar refractivity (Wildman–Crippen MR) is 155 cm³/mol. The van der Waals surface area contributed by atoms with Gasteiger partial charge in [-0.05, 0) is 81.2 Å². The van der Waals surface area contributed by atoms with Gasteiger partial charge in [-0.3, -0.25) is 4.18 Å². The zero-order valence-corrected chi connectivity index (χ0v) is 23.8. The summed E-state index contributed by atoms with van der Waals surface area (Å²) in [5.41, 5.74) is 9.93. The van der Waals surface area contributed by atoms with E-state index in [0.29, 0.717) is 18.5 Å². The Kier molecular flexibility index (Phi) is 6.52. The molecule has 2 aromatic carbocycles. The molecule has 0 spiro atoms. The summed E-state index contributed by atoms with van der Waals surface area (Å²) in [7, 11) is -3.78. The van der Waals surface area contributed by atoms with Crippen LogP contribution in [0.3, 0.4) is 0 Å². The fraction of sp³-hybridized carbons (Fsp3) is 0.419. The summed E-state index contributed by atoms with van der Waals surface area (Å²) in [4.78, 5) is 9.03. The number of fused-ring (bicyclic) bond motifs is 3. The Bertz CT molecular complexity index is 1690. The summed E-state index contributed by atoms with van der Waals surface area (Å²) in [5, 5.41) is 0.808. The molecule has 2 N–H and O–H groups in total. The van der Waals surface area contributed by atoms with Crippen LogP contribution in [0.2, 0.25) is 0 Å². The number of anilines is 1. The maximum Gasteiger partial charge on any atom is 0.296 e. The number of hydrogen-bond donors (Lipinski definition) is 1. The molecule has 1 saturated carbocycles. The lowest BCUT2D eigenvalue weighted by atomic mass is 9.81. The van der Waals surface area contributed by atoms with Gasteiger partial charge in [0.2, 0.25) is 0 Å². The average molecular weight is 575 g/mol. The lowest BCUT2D eigenvalue weighted by Gasteiger charge is -2.36. The van der Waals surface area contributed by atoms with Crippen molar-refractivity contribution in [2.75, 3.05) is 18.9 Å². The zero-order valence-electron chi connectivity index (χ0n) is 23.0. The van der Waals surface area contributed by atoms with Gasteiger partial charge in [-0.2, -0.15) is 8.42 Å². The summed E-state index contributed by atoms with van der Waals surface area (Å²) in [6, 6.07) is 14.9. The lowest BCUT2D eigenvalue weighted by molar-refractivity contribution is -0.0198. The van der Waals surface area contributed by atoms with Gasteiger partial charge in [0.05, 0.1) is 23.0 Å². The minimum atomic E-state index is -3.78. The van der Waals surface area contributed by atoms with E-state index in [1.165, 1.54) is 6.33 Å². The van der Waals surface area contributed by atoms with E-state index in [4.69, 9.17) is 19.4 Å². The van der Waals surface area contributed by atoms with Crippen molar-refractivity contribution in [3.63, 3.8) is 0 Å². The van der Waals surface area contributed by atoms with E-state index in [1.54, 1.807) is 24.3 Å². The first-order valence-electron chi connectivity index (χ1n) is 14.3. The Morgan fingerprint density at radius 1 is 1.10 bits per heavy atom. The molecule has 214 valence electrons. The average Bonchev–Trinajstić information content (AvgIpc) is 3.66. The van der Waals surface area contributed by atoms with Crippen LogP contribution in [0.5, 0.6) is 5.75 Å². The molecule has 0 amide bonds. The number of nitrogen functional groups attached to an aromatic ring is 1. The molecule has 3 aliphatic rings. The van der Waals surface area contributed by atoms with Gasteiger partial charge in [-0.1, -0.05) is 29.8 Å². The number of aryl methyl sites for hydroxylation is 1. The molecule has 0 radical (unpaired) electrons. The van der Waals surface area contributed by atoms with Crippen LogP contribution in [-0.2, 0) is 19.0 Å². The molecule has 7 rings (SSSR count). The van der Waals surface area contributed by atoms with Crippen LogP contribution < -0.4 is 10.5 Å². The summed E-state index contributed by atoms with van der Waals surface area (Å²) >= 11 is 0. The monoisotopic (exact) mass is 574 g/mol. The Labute approximate surface area is 239 Å². The first-order valence-corrected chi connectivity index (χ1v) is 15.7. The van der Waals surface area contributed by atoms with E-state index in [9.17, 15) is 8.42 Å². The van der Waals surface area contributed by atoms with Gasteiger partial charge in [0.15, 0.2) is 0 Å². The third kappa shape index (κ3) is 4.98. The van der Waals surface area contributed by atoms with Crippen LogP contribution in [0.25, 0.3) is 22.2 Å². The van der Waals surface area contributed by atoms with Crippen LogP contribution in [0, 0.1) is 12.8 Å². The second-order valence-corrected chi connectivity index (χ2v) is 13.4. The second kappa shape index (κ2) is 10.1. The van der Waals surface area contributed by atoms with E-state index in [0.717, 1.165) is 72.0 Å². The molecule has 0 unspecified atom stereocenters. The fourth-order valence-electron chi connectivity index (χ4n) is 6.48. The van der Waals surface area contributed by atoms with Crippen molar-refractivity contribution in [1.82, 2.24) is 14.5 Å². The molecule has 4 heterocycles. The van der Waals surface area contributed by atoms with Crippen LogP contribution in [0.15, 0.2) is 66.0 Å². The zero-order chi connectivity index (χ0) is 28.2. The summed E-state index contributed by atoms with van der Waals surface area (Å²) in [5.74, 6) is 1.35. The maximum atomic E-state index is 12.6. The molecule has 2 aromatic heterocycles. The van der Waals surface area contributed by atoms with E-state index >= 15 is 0 Å². The van der Waals surface area contributed by atoms with Gasteiger partial charge < -0.3 is 19.8 Å². The summed E-state index contributed by atoms with van der Waals surface area (Å²) in [6.45, 7) is 2.63. The van der Waals surface area contributed by atoms with Crippen molar-refractivity contribution in [3.8, 4) is 16.9 Å². The Balaban J connectivity index is 1.07. The van der Waals surface area contributed by atoms with Crippen LogP contribution >= 0.6 is 0 Å². The van der Waals surface area contributed by atoms with Gasteiger partial charge >= 0.3 is 0 Å². The highest BCUT2D eigenvalue weighted by atomic mass is 32.2. The van der Waals surface area contributed by atoms with E-state index in [1.807, 2.05) is 31.2 Å². The van der Waals surface area contributed by atoms with Crippen molar-refractivity contribution < 1.29 is 22.1 Å². The summed E-state index contributed by atoms with van der Waals surface area (Å²) < 4.78 is 45.2. The minimum Gasteiger partial charge on any atom is -0.491 e. The van der Waals surface area contributed by atoms with E-state index in [-0.39, 0.29) is 29.1 Å². The first kappa shape index (κ1) is 26.4. The largest absolute Gasteiger partial charge is 0.491 e. The Morgan fingerprint density at radius 3 is 2.61 bits per heavy atom. The topological polar surface area (TPSA) is 119 Å². The molecule has 10 heteroatoms. The fourth-order valence-corrected chi connectivity index (χ4v) is 7.46. The van der Waals surface area contributed by atoms with Crippen LogP contribution in [0.1, 0.15) is 50.1 Å². The first-order chi connectivity index (χ1) is 19.8. The number of nitrogens with zero attached hydrogens (tertiary/aromatic N) is 3. The molecule has 4 aromatic rings. The van der Waals surface area contributed by atoms with Gasteiger partial charge in [-0.15, -0.1) is 0 Å². The van der Waals surface area contributed by atoms with Crippen molar-refractivity contribution >= 4 is 27.0 Å². The van der Waals surface area contributed by atoms with Gasteiger partial charge in [-0.25, -0.2) is 9.97 Å². The van der Waals surface area contributed by atoms with E-state index < -0.39 is 10.1 Å². The molecule has 3 fully saturated rings. The molecule has 9 nitrogen and oxygen atoms in total. The molecule has 0 atom stereocenters. The lowest BCUT2D eigenvalue weighted by Crippen LogP contribution is -2.32. The molecular weight excluding hydrogens is 540 g/mol. The molecule has 1 aliphatic carbocycles. The van der Waals surface area contributed by atoms with Crippen LogP contribution in [0.4, 0.5) is 5.82 Å². The van der Waals surface area contributed by atoms with Crippen molar-refractivity contribution in [3.05, 3.63) is 66.6 Å². The number of rotatable bonds is 9. The molecule has 2 bridgehead atoms. The number of hydrogen-bond acceptors (Lipinski definition) is 8. The van der Waals surface area contributed by atoms with Crippen LogP contribution in [-0.4, -0.2) is 47.9 Å². The van der Waals surface area contributed by atoms with E-state index in [2.05, 4.69) is 20.7 Å². The predicted octanol–water partition coefficient (Wildman–Crippen LogP) is 5.44. The Morgan fingerprint density at radius 2 is 1.88 bits per heavy atom. The van der Waals surface area contributed by atoms with Crippen molar-refractivity contribution in [2.45, 2.75) is 68.1 Å². The normalized spacial score (nSPS) is 25.4. The number of benzene rings is 2. The number of nitrogens with two attached hydrogens (primary N) is 1. The van der Waals surface area contributed by atoms with Gasteiger partial charge in [0, 0.05) is 17.8 Å². The molecule has 2 aliphatic heterocycles. The van der Waals surface area contributed by atoms with Crippen molar-refractivity contribution in [1.29, 1.82) is 0 Å². The van der Waals surface area contributed by atoms with Crippen molar-refractivity contribution in [2.24, 2.45) is 5.92 Å². The maximum absolute atomic E-state index is 12.6.